The van der Waals surface area contributed by atoms with Gasteiger partial charge in [0.25, 0.3) is 0 Å². The minimum atomic E-state index is -0.252. The Morgan fingerprint density at radius 3 is 2.57 bits per heavy atom. The van der Waals surface area contributed by atoms with Crippen LogP contribution in [0, 0.1) is 0 Å². The van der Waals surface area contributed by atoms with Gasteiger partial charge in [0.2, 0.25) is 0 Å². The number of hydrogen-bond acceptors (Lipinski definition) is 6. The first-order chi connectivity index (χ1) is 10.1. The fourth-order valence-corrected chi connectivity index (χ4v) is 2.60. The number of methoxy groups -OCH3 is 1. The summed E-state index contributed by atoms with van der Waals surface area (Å²) in [7, 11) is 1.74. The van der Waals surface area contributed by atoms with E-state index in [2.05, 4.69) is 41.4 Å². The van der Waals surface area contributed by atoms with Crippen LogP contribution >= 0.6 is 0 Å². The largest absolute Gasteiger partial charge is 0.378 e. The van der Waals surface area contributed by atoms with Crippen LogP contribution in [0.2, 0.25) is 0 Å². The first kappa shape index (κ1) is 16.0. The van der Waals surface area contributed by atoms with Crippen molar-refractivity contribution >= 4 is 11.6 Å². The maximum atomic E-state index is 5.65. The molecule has 2 N–H and O–H groups in total. The fraction of sp³-hybridized carbons (Fsp3) is 0.733. The van der Waals surface area contributed by atoms with Gasteiger partial charge in [-0.2, -0.15) is 0 Å². The average Bonchev–Trinajstić information content (AvgIpc) is 2.95. The zero-order chi connectivity index (χ0) is 15.3. The lowest BCUT2D eigenvalue weighted by atomic mass is 10.0. The molecular formula is C15H26N4O2. The van der Waals surface area contributed by atoms with Gasteiger partial charge in [0.1, 0.15) is 23.6 Å². The number of nitrogens with zero attached hydrogens (tertiary/aromatic N) is 2. The minimum Gasteiger partial charge on any atom is -0.378 e. The quantitative estimate of drug-likeness (QED) is 0.804. The Morgan fingerprint density at radius 2 is 2.05 bits per heavy atom. The van der Waals surface area contributed by atoms with Gasteiger partial charge in [-0.3, -0.25) is 0 Å². The van der Waals surface area contributed by atoms with Crippen LogP contribution in [0.15, 0.2) is 6.33 Å². The van der Waals surface area contributed by atoms with E-state index in [1.54, 1.807) is 13.4 Å². The van der Waals surface area contributed by atoms with E-state index < -0.39 is 0 Å². The summed E-state index contributed by atoms with van der Waals surface area (Å²) in [6, 6.07) is 0. The van der Waals surface area contributed by atoms with Crippen LogP contribution in [0.1, 0.15) is 38.7 Å². The lowest BCUT2D eigenvalue weighted by molar-refractivity contribution is -0.00626. The van der Waals surface area contributed by atoms with Gasteiger partial charge in [0.15, 0.2) is 0 Å². The maximum Gasteiger partial charge on any atom is 0.135 e. The van der Waals surface area contributed by atoms with Crippen LogP contribution in [-0.4, -0.2) is 49.0 Å². The Bertz CT molecular complexity index is 459. The highest BCUT2D eigenvalue weighted by atomic mass is 16.5. The highest BCUT2D eigenvalue weighted by Gasteiger charge is 2.35. The monoisotopic (exact) mass is 294 g/mol. The normalized spacial score (nSPS) is 21.8. The zero-order valence-electron chi connectivity index (χ0n) is 13.4. The molecule has 2 heterocycles. The van der Waals surface area contributed by atoms with Gasteiger partial charge >= 0.3 is 0 Å². The molecule has 1 aliphatic rings. The van der Waals surface area contributed by atoms with Crippen molar-refractivity contribution in [2.45, 2.75) is 38.7 Å². The maximum absolute atomic E-state index is 5.65. The molecule has 1 aromatic rings. The second-order valence-corrected chi connectivity index (χ2v) is 5.71. The lowest BCUT2D eigenvalue weighted by Gasteiger charge is -2.27. The third-order valence-electron chi connectivity index (χ3n) is 3.88. The molecule has 1 aromatic heterocycles. The van der Waals surface area contributed by atoms with Crippen molar-refractivity contribution in [2.24, 2.45) is 0 Å². The number of hydrogen-bond donors (Lipinski definition) is 2. The summed E-state index contributed by atoms with van der Waals surface area (Å²) in [6.45, 7) is 9.26. The third kappa shape index (κ3) is 3.63. The van der Waals surface area contributed by atoms with E-state index in [4.69, 9.17) is 9.47 Å². The van der Waals surface area contributed by atoms with E-state index in [0.717, 1.165) is 36.8 Å². The van der Waals surface area contributed by atoms with Crippen LogP contribution in [-0.2, 0) is 9.47 Å². The third-order valence-corrected chi connectivity index (χ3v) is 3.88. The summed E-state index contributed by atoms with van der Waals surface area (Å²) in [5, 5.41) is 6.73. The number of nitrogens with one attached hydrogen (secondary N) is 2. The Hall–Kier alpha value is -1.40. The van der Waals surface area contributed by atoms with Crippen molar-refractivity contribution in [3.05, 3.63) is 11.9 Å². The summed E-state index contributed by atoms with van der Waals surface area (Å²) in [5.41, 5.74) is 0.863. The summed E-state index contributed by atoms with van der Waals surface area (Å²) < 4.78 is 11.1. The molecular weight excluding hydrogens is 268 g/mol. The number of ether oxygens (including phenoxy) is 2. The number of rotatable bonds is 7. The molecule has 118 valence electrons. The smallest absolute Gasteiger partial charge is 0.135 e. The molecule has 1 aliphatic heterocycles. The van der Waals surface area contributed by atoms with Crippen molar-refractivity contribution in [3.8, 4) is 0 Å². The van der Waals surface area contributed by atoms with Crippen molar-refractivity contribution in [1.29, 1.82) is 0 Å². The minimum absolute atomic E-state index is 0.252. The predicted octanol–water partition coefficient (Wildman–Crippen LogP) is 2.25. The summed E-state index contributed by atoms with van der Waals surface area (Å²) in [4.78, 5) is 8.76. The average molecular weight is 294 g/mol. The molecule has 0 radical (unpaired) electrons. The van der Waals surface area contributed by atoms with E-state index in [-0.39, 0.29) is 5.60 Å². The number of anilines is 2. The van der Waals surface area contributed by atoms with Crippen molar-refractivity contribution < 1.29 is 9.47 Å². The van der Waals surface area contributed by atoms with Gasteiger partial charge in [-0.15, -0.1) is 0 Å². The van der Waals surface area contributed by atoms with Gasteiger partial charge in [-0.25, -0.2) is 9.97 Å². The summed E-state index contributed by atoms with van der Waals surface area (Å²) >= 11 is 0. The fourth-order valence-electron chi connectivity index (χ4n) is 2.60. The van der Waals surface area contributed by atoms with Crippen molar-refractivity contribution in [2.75, 3.05) is 44.0 Å². The molecule has 2 rings (SSSR count). The molecule has 21 heavy (non-hydrogen) atoms. The molecule has 1 saturated heterocycles. The zero-order valence-corrected chi connectivity index (χ0v) is 13.4. The van der Waals surface area contributed by atoms with E-state index in [1.165, 1.54) is 0 Å². The Kier molecular flexibility index (Phi) is 5.36. The Morgan fingerprint density at radius 1 is 1.33 bits per heavy atom. The van der Waals surface area contributed by atoms with Crippen LogP contribution in [0.4, 0.5) is 11.6 Å². The van der Waals surface area contributed by atoms with Gasteiger partial charge in [-0.1, -0.05) is 13.8 Å². The van der Waals surface area contributed by atoms with Gasteiger partial charge < -0.3 is 20.1 Å². The van der Waals surface area contributed by atoms with Gasteiger partial charge in [-0.05, 0) is 12.8 Å². The molecule has 1 atom stereocenters. The van der Waals surface area contributed by atoms with Crippen LogP contribution in [0.3, 0.4) is 0 Å². The standard InChI is InChI=1S/C15H26N4O2/c1-5-16-13-12(11(2)3)14(19-10-18-13)17-8-15(20-4)6-7-21-9-15/h10-11H,5-9H2,1-4H3,(H2,16,17,18,19). The summed E-state index contributed by atoms with van der Waals surface area (Å²) in [5.74, 6) is 2.11. The highest BCUT2D eigenvalue weighted by molar-refractivity contribution is 5.59. The molecule has 1 unspecified atom stereocenters. The van der Waals surface area contributed by atoms with E-state index in [0.29, 0.717) is 19.1 Å². The molecule has 6 nitrogen and oxygen atoms in total. The van der Waals surface area contributed by atoms with Gasteiger partial charge in [0, 0.05) is 38.8 Å². The topological polar surface area (TPSA) is 68.3 Å². The van der Waals surface area contributed by atoms with E-state index in [1.807, 2.05) is 0 Å². The first-order valence-corrected chi connectivity index (χ1v) is 7.57. The highest BCUT2D eigenvalue weighted by Crippen LogP contribution is 2.30. The molecule has 0 spiro atoms. The SMILES string of the molecule is CCNc1ncnc(NCC2(OC)CCOC2)c1C(C)C. The Balaban J connectivity index is 2.17. The second-order valence-electron chi connectivity index (χ2n) is 5.71. The molecule has 0 amide bonds. The number of aromatic nitrogens is 2. The molecule has 0 aromatic carbocycles. The molecule has 0 saturated carbocycles. The van der Waals surface area contributed by atoms with Crippen molar-refractivity contribution in [3.63, 3.8) is 0 Å². The second kappa shape index (κ2) is 7.04. The van der Waals surface area contributed by atoms with Crippen LogP contribution in [0.5, 0.6) is 0 Å². The van der Waals surface area contributed by atoms with Crippen LogP contribution in [0.25, 0.3) is 0 Å². The predicted molar refractivity (Wildman–Crippen MR) is 84.0 cm³/mol. The van der Waals surface area contributed by atoms with E-state index in [9.17, 15) is 0 Å². The molecule has 6 heteroatoms. The molecule has 1 fully saturated rings. The Labute approximate surface area is 126 Å². The lowest BCUT2D eigenvalue weighted by Crippen LogP contribution is -2.40. The molecule has 0 bridgehead atoms. The van der Waals surface area contributed by atoms with Gasteiger partial charge in [0.05, 0.1) is 6.61 Å². The first-order valence-electron chi connectivity index (χ1n) is 7.57. The van der Waals surface area contributed by atoms with Crippen LogP contribution < -0.4 is 10.6 Å². The van der Waals surface area contributed by atoms with E-state index >= 15 is 0 Å². The van der Waals surface area contributed by atoms with Crippen molar-refractivity contribution in [1.82, 2.24) is 9.97 Å². The molecule has 0 aliphatic carbocycles. The summed E-state index contributed by atoms with van der Waals surface area (Å²) in [6.07, 6.45) is 2.50.